The number of amides is 3. The second-order valence-electron chi connectivity index (χ2n) is 7.87. The lowest BCUT2D eigenvalue weighted by molar-refractivity contribution is -0.120. The van der Waals surface area contributed by atoms with Gasteiger partial charge in [-0.2, -0.15) is 0 Å². The number of rotatable bonds is 7. The fourth-order valence-corrected chi connectivity index (χ4v) is 4.51. The topological polar surface area (TPSA) is 61.4 Å². The zero-order chi connectivity index (χ0) is 18.9. The molecule has 5 heteroatoms. The molecule has 0 spiro atoms. The molecule has 1 aromatic carbocycles. The number of aryl methyl sites for hydroxylation is 1. The smallest absolute Gasteiger partial charge is 0.317 e. The average molecular weight is 372 g/mol. The van der Waals surface area contributed by atoms with Crippen LogP contribution in [0, 0.1) is 5.92 Å². The summed E-state index contributed by atoms with van der Waals surface area (Å²) in [6.07, 6.45) is 9.56. The summed E-state index contributed by atoms with van der Waals surface area (Å²) in [4.78, 5) is 26.5. The highest BCUT2D eigenvalue weighted by atomic mass is 16.2. The summed E-state index contributed by atoms with van der Waals surface area (Å²) in [5, 5.41) is 5.91. The van der Waals surface area contributed by atoms with Crippen LogP contribution in [0.2, 0.25) is 0 Å². The predicted octanol–water partition coefficient (Wildman–Crippen LogP) is 3.49. The molecule has 3 amide bonds. The molecule has 1 aromatic rings. The molecule has 1 heterocycles. The summed E-state index contributed by atoms with van der Waals surface area (Å²) in [5.41, 5.74) is 1.29. The van der Waals surface area contributed by atoms with E-state index in [1.165, 1.54) is 31.2 Å². The third-order valence-corrected chi connectivity index (χ3v) is 5.94. The number of hydrogen-bond donors (Lipinski definition) is 2. The van der Waals surface area contributed by atoms with Crippen molar-refractivity contribution >= 4 is 11.9 Å². The van der Waals surface area contributed by atoms with Crippen LogP contribution in [0.25, 0.3) is 0 Å². The Hall–Kier alpha value is -2.04. The first-order valence-electron chi connectivity index (χ1n) is 10.6. The van der Waals surface area contributed by atoms with Gasteiger partial charge in [0, 0.05) is 32.1 Å². The number of benzene rings is 1. The van der Waals surface area contributed by atoms with Crippen molar-refractivity contribution < 1.29 is 9.59 Å². The first-order chi connectivity index (χ1) is 13.2. The molecule has 148 valence electrons. The maximum absolute atomic E-state index is 12.5. The SMILES string of the molecule is O=C(CCNC(=O)N1CCCC2CCCCC21)NCCCc1ccccc1. The fraction of sp³-hybridized carbons (Fsp3) is 0.636. The molecular weight excluding hydrogens is 338 g/mol. The minimum Gasteiger partial charge on any atom is -0.356 e. The van der Waals surface area contributed by atoms with Crippen LogP contribution in [0.3, 0.4) is 0 Å². The third kappa shape index (κ3) is 5.98. The standard InChI is InChI=1S/C22H33N3O2/c26-21(23-15-6-10-18-8-2-1-3-9-18)14-16-24-22(27)25-17-7-12-19-11-4-5-13-20(19)25/h1-3,8-9,19-20H,4-7,10-17H2,(H,23,26)(H,24,27). The van der Waals surface area contributed by atoms with E-state index in [4.69, 9.17) is 0 Å². The Labute approximate surface area is 162 Å². The number of nitrogens with one attached hydrogen (secondary N) is 2. The molecule has 2 atom stereocenters. The lowest BCUT2D eigenvalue weighted by Crippen LogP contribution is -2.53. The van der Waals surface area contributed by atoms with Gasteiger partial charge in [0.05, 0.1) is 0 Å². The van der Waals surface area contributed by atoms with Gasteiger partial charge in [-0.1, -0.05) is 43.2 Å². The van der Waals surface area contributed by atoms with Gasteiger partial charge in [0.1, 0.15) is 0 Å². The number of piperidine rings is 1. The van der Waals surface area contributed by atoms with Crippen LogP contribution in [0.5, 0.6) is 0 Å². The Morgan fingerprint density at radius 1 is 0.963 bits per heavy atom. The summed E-state index contributed by atoms with van der Waals surface area (Å²) in [6.45, 7) is 1.95. The van der Waals surface area contributed by atoms with Gasteiger partial charge in [-0.25, -0.2) is 4.79 Å². The van der Waals surface area contributed by atoms with E-state index in [9.17, 15) is 9.59 Å². The minimum atomic E-state index is 0.0116. The lowest BCUT2D eigenvalue weighted by Gasteiger charge is -2.44. The van der Waals surface area contributed by atoms with E-state index in [1.807, 2.05) is 23.1 Å². The second kappa shape index (κ2) is 10.3. The first kappa shape index (κ1) is 19.7. The third-order valence-electron chi connectivity index (χ3n) is 5.94. The second-order valence-corrected chi connectivity index (χ2v) is 7.87. The maximum atomic E-state index is 12.5. The van der Waals surface area contributed by atoms with E-state index in [-0.39, 0.29) is 11.9 Å². The number of fused-ring (bicyclic) bond motifs is 1. The number of carbonyl (C=O) groups is 2. The summed E-state index contributed by atoms with van der Waals surface area (Å²) >= 11 is 0. The van der Waals surface area contributed by atoms with Crippen LogP contribution < -0.4 is 10.6 Å². The molecule has 0 radical (unpaired) electrons. The van der Waals surface area contributed by atoms with E-state index >= 15 is 0 Å². The van der Waals surface area contributed by atoms with Crippen molar-refractivity contribution in [3.05, 3.63) is 35.9 Å². The monoisotopic (exact) mass is 371 g/mol. The fourth-order valence-electron chi connectivity index (χ4n) is 4.51. The molecule has 1 aliphatic carbocycles. The lowest BCUT2D eigenvalue weighted by atomic mass is 9.78. The number of nitrogens with zero attached hydrogens (tertiary/aromatic N) is 1. The van der Waals surface area contributed by atoms with Gasteiger partial charge in [-0.05, 0) is 50.0 Å². The highest BCUT2D eigenvalue weighted by Crippen LogP contribution is 2.35. The van der Waals surface area contributed by atoms with Crippen molar-refractivity contribution in [1.82, 2.24) is 15.5 Å². The van der Waals surface area contributed by atoms with E-state index in [2.05, 4.69) is 22.8 Å². The van der Waals surface area contributed by atoms with Gasteiger partial charge in [-0.3, -0.25) is 4.79 Å². The molecule has 3 rings (SSSR count). The quantitative estimate of drug-likeness (QED) is 0.721. The molecule has 2 aliphatic rings. The van der Waals surface area contributed by atoms with E-state index in [0.29, 0.717) is 31.5 Å². The van der Waals surface area contributed by atoms with Gasteiger partial charge in [-0.15, -0.1) is 0 Å². The normalized spacial score (nSPS) is 22.0. The number of carbonyl (C=O) groups excluding carboxylic acids is 2. The van der Waals surface area contributed by atoms with Crippen LogP contribution in [-0.2, 0) is 11.2 Å². The van der Waals surface area contributed by atoms with Crippen molar-refractivity contribution in [2.75, 3.05) is 19.6 Å². The molecular formula is C22H33N3O2. The van der Waals surface area contributed by atoms with Gasteiger partial charge in [0.2, 0.25) is 5.91 Å². The zero-order valence-electron chi connectivity index (χ0n) is 16.3. The molecule has 0 bridgehead atoms. The molecule has 2 N–H and O–H groups in total. The molecule has 1 aliphatic heterocycles. The molecule has 1 saturated heterocycles. The summed E-state index contributed by atoms with van der Waals surface area (Å²) in [6, 6.07) is 10.7. The van der Waals surface area contributed by atoms with Crippen molar-refractivity contribution in [2.24, 2.45) is 5.92 Å². The molecule has 0 aromatic heterocycles. The Bertz CT molecular complexity index is 603. The van der Waals surface area contributed by atoms with Crippen molar-refractivity contribution in [3.8, 4) is 0 Å². The molecule has 5 nitrogen and oxygen atoms in total. The van der Waals surface area contributed by atoms with Gasteiger partial charge < -0.3 is 15.5 Å². The van der Waals surface area contributed by atoms with Gasteiger partial charge >= 0.3 is 6.03 Å². The van der Waals surface area contributed by atoms with Crippen LogP contribution in [-0.4, -0.2) is 42.5 Å². The zero-order valence-corrected chi connectivity index (χ0v) is 16.3. The predicted molar refractivity (Wildman–Crippen MR) is 107 cm³/mol. The van der Waals surface area contributed by atoms with Crippen molar-refractivity contribution in [3.63, 3.8) is 0 Å². The molecule has 2 unspecified atom stereocenters. The van der Waals surface area contributed by atoms with Crippen LogP contribution in [0.4, 0.5) is 4.79 Å². The summed E-state index contributed by atoms with van der Waals surface area (Å²) in [5.74, 6) is 0.698. The highest BCUT2D eigenvalue weighted by Gasteiger charge is 2.35. The molecule has 2 fully saturated rings. The Morgan fingerprint density at radius 3 is 2.59 bits per heavy atom. The van der Waals surface area contributed by atoms with Gasteiger partial charge in [0.25, 0.3) is 0 Å². The van der Waals surface area contributed by atoms with Crippen molar-refractivity contribution in [2.45, 2.75) is 63.8 Å². The summed E-state index contributed by atoms with van der Waals surface area (Å²) < 4.78 is 0. The maximum Gasteiger partial charge on any atom is 0.317 e. The highest BCUT2D eigenvalue weighted by molar-refractivity contribution is 5.78. The van der Waals surface area contributed by atoms with Crippen LogP contribution in [0.15, 0.2) is 30.3 Å². The molecule has 1 saturated carbocycles. The Kier molecular flexibility index (Phi) is 7.55. The van der Waals surface area contributed by atoms with Crippen LogP contribution in [0.1, 0.15) is 56.9 Å². The van der Waals surface area contributed by atoms with Crippen LogP contribution >= 0.6 is 0 Å². The van der Waals surface area contributed by atoms with E-state index < -0.39 is 0 Å². The molecule has 27 heavy (non-hydrogen) atoms. The Balaban J connectivity index is 1.29. The van der Waals surface area contributed by atoms with Crippen molar-refractivity contribution in [1.29, 1.82) is 0 Å². The van der Waals surface area contributed by atoms with E-state index in [1.54, 1.807) is 0 Å². The summed E-state index contributed by atoms with van der Waals surface area (Å²) in [7, 11) is 0. The first-order valence-corrected chi connectivity index (χ1v) is 10.6. The Morgan fingerprint density at radius 2 is 1.74 bits per heavy atom. The number of urea groups is 1. The minimum absolute atomic E-state index is 0.0116. The van der Waals surface area contributed by atoms with Gasteiger partial charge in [0.15, 0.2) is 0 Å². The average Bonchev–Trinajstić information content (AvgIpc) is 2.71. The number of likely N-dealkylation sites (tertiary alicyclic amines) is 1. The largest absolute Gasteiger partial charge is 0.356 e. The van der Waals surface area contributed by atoms with E-state index in [0.717, 1.165) is 32.2 Å². The number of hydrogen-bond acceptors (Lipinski definition) is 2.